The first-order valence-corrected chi connectivity index (χ1v) is 30.6. The zero-order valence-corrected chi connectivity index (χ0v) is 48.6. The Balaban J connectivity index is 1.73. The molecule has 2 saturated heterocycles. The van der Waals surface area contributed by atoms with Crippen LogP contribution in [0.3, 0.4) is 0 Å². The van der Waals surface area contributed by atoms with Crippen molar-refractivity contribution in [2.24, 2.45) is 0 Å². The van der Waals surface area contributed by atoms with Crippen molar-refractivity contribution in [1.82, 2.24) is 5.32 Å². The number of amides is 1. The summed E-state index contributed by atoms with van der Waals surface area (Å²) >= 11 is 0. The summed E-state index contributed by atoms with van der Waals surface area (Å²) in [5, 5.41) is 87.2. The van der Waals surface area contributed by atoms with Gasteiger partial charge in [0, 0.05) is 6.42 Å². The second-order valence-electron chi connectivity index (χ2n) is 21.1. The highest BCUT2D eigenvalue weighted by molar-refractivity contribution is 5.76. The van der Waals surface area contributed by atoms with Crippen molar-refractivity contribution in [1.29, 1.82) is 0 Å². The number of carbonyl (C=O) groups is 1. The van der Waals surface area contributed by atoms with E-state index in [4.69, 9.17) is 18.9 Å². The smallest absolute Gasteiger partial charge is 0.220 e. The number of allylic oxidation sites excluding steroid dienone is 18. The van der Waals surface area contributed by atoms with Gasteiger partial charge in [-0.05, 0) is 83.5 Å². The highest BCUT2D eigenvalue weighted by Gasteiger charge is 2.51. The van der Waals surface area contributed by atoms with Crippen molar-refractivity contribution in [3.05, 3.63) is 109 Å². The summed E-state index contributed by atoms with van der Waals surface area (Å²) in [6.07, 6.45) is 52.3. The summed E-state index contributed by atoms with van der Waals surface area (Å²) < 4.78 is 22.8. The van der Waals surface area contributed by atoms with Crippen molar-refractivity contribution < 1.29 is 64.6 Å². The van der Waals surface area contributed by atoms with Gasteiger partial charge in [0.25, 0.3) is 0 Å². The van der Waals surface area contributed by atoms with Gasteiger partial charge in [0.15, 0.2) is 12.6 Å². The number of aliphatic hydroxyl groups excluding tert-OH is 8. The highest BCUT2D eigenvalue weighted by atomic mass is 16.7. The molecule has 0 aliphatic carbocycles. The van der Waals surface area contributed by atoms with Gasteiger partial charge in [0.2, 0.25) is 5.91 Å². The molecule has 0 spiro atoms. The Morgan fingerprint density at radius 2 is 0.873 bits per heavy atom. The van der Waals surface area contributed by atoms with E-state index in [1.54, 1.807) is 0 Å². The lowest BCUT2D eigenvalue weighted by molar-refractivity contribution is -0.359. The number of aliphatic hydroxyl groups is 8. The molecule has 2 heterocycles. The summed E-state index contributed by atoms with van der Waals surface area (Å²) in [5.74, 6) is -0.243. The summed E-state index contributed by atoms with van der Waals surface area (Å²) in [7, 11) is 0. The van der Waals surface area contributed by atoms with E-state index >= 15 is 0 Å². The number of nitrogens with one attached hydrogen (secondary N) is 1. The quantitative estimate of drug-likeness (QED) is 0.0204. The zero-order valence-electron chi connectivity index (χ0n) is 48.6. The van der Waals surface area contributed by atoms with E-state index in [0.717, 1.165) is 103 Å². The minimum Gasteiger partial charge on any atom is -0.394 e. The first-order valence-electron chi connectivity index (χ1n) is 30.6. The average molecular weight is 1110 g/mol. The lowest BCUT2D eigenvalue weighted by atomic mass is 9.97. The van der Waals surface area contributed by atoms with Gasteiger partial charge >= 0.3 is 0 Å². The minimum absolute atomic E-state index is 0.243. The minimum atomic E-state index is -1.79. The second kappa shape index (κ2) is 49.3. The normalized spacial score (nSPS) is 25.2. The second-order valence-corrected chi connectivity index (χ2v) is 21.1. The van der Waals surface area contributed by atoms with E-state index in [-0.39, 0.29) is 18.9 Å². The van der Waals surface area contributed by atoms with Gasteiger partial charge in [-0.2, -0.15) is 0 Å². The molecule has 2 aliphatic rings. The lowest BCUT2D eigenvalue weighted by Gasteiger charge is -2.46. The lowest BCUT2D eigenvalue weighted by Crippen LogP contribution is -2.65. The molecule has 79 heavy (non-hydrogen) atoms. The van der Waals surface area contributed by atoms with Crippen molar-refractivity contribution >= 4 is 5.91 Å². The van der Waals surface area contributed by atoms with Crippen LogP contribution >= 0.6 is 0 Å². The number of ether oxygens (including phenoxy) is 4. The number of carbonyl (C=O) groups excluding carboxylic acids is 1. The fourth-order valence-electron chi connectivity index (χ4n) is 9.35. The molecule has 12 unspecified atom stereocenters. The Morgan fingerprint density at radius 1 is 0.468 bits per heavy atom. The molecule has 0 radical (unpaired) electrons. The van der Waals surface area contributed by atoms with Crippen LogP contribution in [-0.2, 0) is 23.7 Å². The summed E-state index contributed by atoms with van der Waals surface area (Å²) in [4.78, 5) is 13.3. The van der Waals surface area contributed by atoms with Gasteiger partial charge in [0.1, 0.15) is 48.8 Å². The van der Waals surface area contributed by atoms with Crippen molar-refractivity contribution in [2.45, 2.75) is 274 Å². The SMILES string of the molecule is CC/C=C\C/C=C\C/C=C\C/C=C\C/C=C\C/C=C\C/C=C\C/C=C\C/C=C\CCCCCC(=O)NC(COC1OC(CO)C(OC2OC(CO)C(O)C(O)C2O)C(O)C1O)C(O)CCCCCCCCCCCCCCCC. The number of hydrogen-bond acceptors (Lipinski definition) is 13. The fraction of sp³-hybridized carbons (Fsp3) is 0.708. The van der Waals surface area contributed by atoms with Gasteiger partial charge < -0.3 is 65.1 Å². The molecular weight excluding hydrogens is 1000 g/mol. The Morgan fingerprint density at radius 3 is 1.33 bits per heavy atom. The van der Waals surface area contributed by atoms with Crippen molar-refractivity contribution in [3.8, 4) is 0 Å². The predicted molar refractivity (Wildman–Crippen MR) is 318 cm³/mol. The molecule has 0 aromatic rings. The van der Waals surface area contributed by atoms with Crippen LogP contribution in [0.5, 0.6) is 0 Å². The highest BCUT2D eigenvalue weighted by Crippen LogP contribution is 2.30. The summed E-state index contributed by atoms with van der Waals surface area (Å²) in [6, 6.07) is -0.855. The third-order valence-corrected chi connectivity index (χ3v) is 14.3. The van der Waals surface area contributed by atoms with Crippen LogP contribution < -0.4 is 5.32 Å². The Kier molecular flexibility index (Phi) is 44.8. The maximum Gasteiger partial charge on any atom is 0.220 e. The maximum absolute atomic E-state index is 13.3. The fourth-order valence-corrected chi connectivity index (χ4v) is 9.35. The van der Waals surface area contributed by atoms with Gasteiger partial charge in [-0.25, -0.2) is 0 Å². The monoisotopic (exact) mass is 1110 g/mol. The Hall–Kier alpha value is -3.35. The molecule has 0 saturated carbocycles. The van der Waals surface area contributed by atoms with E-state index in [9.17, 15) is 45.6 Å². The predicted octanol–water partition coefficient (Wildman–Crippen LogP) is 10.8. The van der Waals surface area contributed by atoms with E-state index in [0.29, 0.717) is 12.8 Å². The first kappa shape index (κ1) is 71.8. The molecule has 14 nitrogen and oxygen atoms in total. The molecular formula is C65H109NO13. The van der Waals surface area contributed by atoms with Crippen molar-refractivity contribution in [2.75, 3.05) is 19.8 Å². The van der Waals surface area contributed by atoms with E-state index < -0.39 is 86.8 Å². The largest absolute Gasteiger partial charge is 0.394 e. The Bertz CT molecular complexity index is 1740. The molecule has 452 valence electrons. The van der Waals surface area contributed by atoms with E-state index in [1.165, 1.54) is 64.2 Å². The standard InChI is InChI=1S/C65H109NO13/c1-3-5-7-9-11-13-15-17-19-20-21-22-23-24-25-26-27-28-29-30-31-32-33-34-35-37-39-41-43-45-47-49-57(70)66-53(54(69)48-46-44-42-40-38-36-18-16-14-12-10-8-6-4-2)52-76-64-62(75)60(73)63(56(51-68)78-64)79-65-61(74)59(72)58(71)55(50-67)77-65/h5,7,11,13,17,19,21-22,24-25,27-28,30-31,33-34,37,39,53-56,58-65,67-69,71-75H,3-4,6,8-10,12,14-16,18,20,23,26,29,32,35-36,38,40-52H2,1-2H3,(H,66,70)/b7-5-,13-11-,19-17-,22-21-,25-24-,28-27-,31-30-,34-33-,39-37-. The number of unbranched alkanes of at least 4 members (excludes halogenated alkanes) is 16. The van der Waals surface area contributed by atoms with Gasteiger partial charge in [-0.15, -0.1) is 0 Å². The van der Waals surface area contributed by atoms with Crippen LogP contribution in [0.4, 0.5) is 0 Å². The molecule has 2 aliphatic heterocycles. The third kappa shape index (κ3) is 34.6. The average Bonchev–Trinajstić information content (AvgIpc) is 3.55. The van der Waals surface area contributed by atoms with Crippen LogP contribution in [0.25, 0.3) is 0 Å². The topological polar surface area (TPSA) is 228 Å². The van der Waals surface area contributed by atoms with E-state index in [1.807, 2.05) is 0 Å². The summed E-state index contributed by atoms with van der Waals surface area (Å²) in [6.45, 7) is 2.70. The molecule has 12 atom stereocenters. The van der Waals surface area contributed by atoms with Crippen LogP contribution in [0.15, 0.2) is 109 Å². The molecule has 0 aromatic heterocycles. The summed E-state index contributed by atoms with van der Waals surface area (Å²) in [5.41, 5.74) is 0. The van der Waals surface area contributed by atoms with Gasteiger partial charge in [-0.1, -0.05) is 220 Å². The zero-order chi connectivity index (χ0) is 57.4. The van der Waals surface area contributed by atoms with Crippen molar-refractivity contribution in [3.63, 3.8) is 0 Å². The van der Waals surface area contributed by atoms with Gasteiger partial charge in [0.05, 0.1) is 32.0 Å². The maximum atomic E-state index is 13.3. The molecule has 0 bridgehead atoms. The number of hydrogen-bond donors (Lipinski definition) is 9. The molecule has 0 aromatic carbocycles. The molecule has 1 amide bonds. The number of rotatable bonds is 47. The van der Waals surface area contributed by atoms with Crippen LogP contribution in [0, 0.1) is 0 Å². The molecule has 2 rings (SSSR count). The third-order valence-electron chi connectivity index (χ3n) is 14.3. The van der Waals surface area contributed by atoms with Crippen LogP contribution in [0.2, 0.25) is 0 Å². The first-order chi connectivity index (χ1) is 38.6. The van der Waals surface area contributed by atoms with Crippen LogP contribution in [0.1, 0.15) is 200 Å². The van der Waals surface area contributed by atoms with E-state index in [2.05, 4.69) is 129 Å². The molecule has 14 heteroatoms. The molecule has 2 fully saturated rings. The van der Waals surface area contributed by atoms with Gasteiger partial charge in [-0.3, -0.25) is 4.79 Å². The molecule has 9 N–H and O–H groups in total. The van der Waals surface area contributed by atoms with Crippen LogP contribution in [-0.4, -0.2) is 140 Å². The Labute approximate surface area is 476 Å².